The smallest absolute Gasteiger partial charge is 0.319 e. The van der Waals surface area contributed by atoms with Crippen LogP contribution >= 0.6 is 0 Å². The van der Waals surface area contributed by atoms with Crippen LogP contribution in [-0.2, 0) is 4.74 Å². The zero-order valence-corrected chi connectivity index (χ0v) is 30.2. The van der Waals surface area contributed by atoms with E-state index in [0.29, 0.717) is 54.8 Å². The largest absolute Gasteiger partial charge is 0.508 e. The van der Waals surface area contributed by atoms with Gasteiger partial charge in [0.1, 0.15) is 28.6 Å². The molecule has 52 heavy (non-hydrogen) atoms. The topological polar surface area (TPSA) is 104 Å². The van der Waals surface area contributed by atoms with E-state index in [0.717, 1.165) is 57.9 Å². The first kappa shape index (κ1) is 34.9. The number of hydrogen-bond donors (Lipinski definition) is 2. The molecule has 1 aliphatic carbocycles. The van der Waals surface area contributed by atoms with E-state index in [1.54, 1.807) is 6.92 Å². The van der Waals surface area contributed by atoms with Crippen molar-refractivity contribution in [2.24, 2.45) is 5.41 Å². The number of aromatic nitrogens is 3. The van der Waals surface area contributed by atoms with E-state index >= 15 is 4.39 Å². The van der Waals surface area contributed by atoms with Crippen molar-refractivity contribution in [3.8, 4) is 35.4 Å². The molecule has 0 radical (unpaired) electrons. The van der Waals surface area contributed by atoms with Gasteiger partial charge in [0.15, 0.2) is 5.82 Å². The lowest BCUT2D eigenvalue weighted by molar-refractivity contribution is -0.0967. The Balaban J connectivity index is 1.20. The van der Waals surface area contributed by atoms with E-state index in [2.05, 4.69) is 29.7 Å². The van der Waals surface area contributed by atoms with Gasteiger partial charge < -0.3 is 24.6 Å². The van der Waals surface area contributed by atoms with Crippen molar-refractivity contribution < 1.29 is 28.5 Å². The molecule has 3 unspecified atom stereocenters. The van der Waals surface area contributed by atoms with Gasteiger partial charge in [0.25, 0.3) is 0 Å². The number of ether oxygens (including phenoxy) is 2. The second kappa shape index (κ2) is 13.4. The number of phenolic OH excluding ortho intramolecular Hbond substituents is 1. The zero-order valence-electron chi connectivity index (χ0n) is 30.2. The lowest BCUT2D eigenvalue weighted by Gasteiger charge is -2.51. The highest BCUT2D eigenvalue weighted by atomic mass is 19.1. The summed E-state index contributed by atoms with van der Waals surface area (Å²) in [6.07, 6.45) is 16.5. The lowest BCUT2D eigenvalue weighted by atomic mass is 9.74. The van der Waals surface area contributed by atoms with E-state index in [9.17, 15) is 14.6 Å². The second-order valence-electron chi connectivity index (χ2n) is 16.0. The van der Waals surface area contributed by atoms with E-state index in [1.807, 2.05) is 4.90 Å². The van der Waals surface area contributed by atoms with E-state index in [-0.39, 0.29) is 57.1 Å². The summed E-state index contributed by atoms with van der Waals surface area (Å²) in [7, 11) is 0. The van der Waals surface area contributed by atoms with Crippen molar-refractivity contribution in [3.05, 3.63) is 47.7 Å². The van der Waals surface area contributed by atoms with E-state index in [4.69, 9.17) is 25.9 Å². The number of anilines is 1. The highest BCUT2D eigenvalue weighted by Crippen LogP contribution is 2.50. The normalized spacial score (nSPS) is 29.7. The van der Waals surface area contributed by atoms with Crippen LogP contribution in [0.3, 0.4) is 0 Å². The third-order valence-electron chi connectivity index (χ3n) is 12.0. The summed E-state index contributed by atoms with van der Waals surface area (Å²) in [6, 6.07) is 6.42. The summed E-state index contributed by atoms with van der Waals surface area (Å²) in [5.74, 6) is 1.29. The molecule has 2 N–H and O–H groups in total. The summed E-state index contributed by atoms with van der Waals surface area (Å²) in [5, 5.41) is 22.8. The van der Waals surface area contributed by atoms with Gasteiger partial charge in [-0.3, -0.25) is 9.88 Å². The first-order valence-electron chi connectivity index (χ1n) is 18.7. The number of rotatable bonds is 6. The molecule has 0 bridgehead atoms. The molecule has 4 fully saturated rings. The molecule has 3 saturated heterocycles. The Morgan fingerprint density at radius 1 is 1.06 bits per heavy atom. The van der Waals surface area contributed by atoms with Crippen LogP contribution in [0.25, 0.3) is 32.9 Å². The van der Waals surface area contributed by atoms with Crippen molar-refractivity contribution >= 4 is 27.5 Å². The van der Waals surface area contributed by atoms with Crippen LogP contribution in [0.4, 0.5) is 14.6 Å². The van der Waals surface area contributed by atoms with Gasteiger partial charge in [-0.2, -0.15) is 9.97 Å². The maximum absolute atomic E-state index is 17.0. The second-order valence-corrected chi connectivity index (χ2v) is 16.0. The number of nitrogens with zero attached hydrogens (tertiary/aromatic N) is 5. The summed E-state index contributed by atoms with van der Waals surface area (Å²) in [6.45, 7) is 8.51. The number of fused-ring (bicyclic) bond motifs is 3. The van der Waals surface area contributed by atoms with E-state index in [1.165, 1.54) is 30.5 Å². The van der Waals surface area contributed by atoms with Crippen LogP contribution in [0.2, 0.25) is 0 Å². The molecule has 4 aliphatic rings. The predicted octanol–water partition coefficient (Wildman–Crippen LogP) is 7.13. The number of hydrogen-bond acceptors (Lipinski definition) is 9. The minimum Gasteiger partial charge on any atom is -0.508 e. The fourth-order valence-electron chi connectivity index (χ4n) is 9.89. The predicted molar refractivity (Wildman–Crippen MR) is 196 cm³/mol. The van der Waals surface area contributed by atoms with Gasteiger partial charge in [-0.15, -0.1) is 6.42 Å². The van der Waals surface area contributed by atoms with Gasteiger partial charge in [-0.25, -0.2) is 8.78 Å². The van der Waals surface area contributed by atoms with Crippen LogP contribution < -0.4 is 9.64 Å². The molecule has 2 aromatic heterocycles. The Morgan fingerprint density at radius 3 is 2.60 bits per heavy atom. The number of terminal acetylenes is 1. The third kappa shape index (κ3) is 6.22. The SMILES string of the molecule is C#Cc1c(F)ccc2cc(O)cc(-c3ncc4c(N5CCC[C@@](C)(O)C5)nc(OCC56CCCC5N(C5C[C@@H](C)O[C@@H](C)C5)CCC6)nc4c3F)c12. The molecule has 4 aromatic rings. The number of benzene rings is 2. The number of β-amino-alcohol motifs (C(OH)–C–C–N with tert-alkyl or cyclic N) is 1. The van der Waals surface area contributed by atoms with Crippen LogP contribution in [0, 0.1) is 29.4 Å². The quantitative estimate of drug-likeness (QED) is 0.202. The molecule has 9 nitrogen and oxygen atoms in total. The van der Waals surface area contributed by atoms with Gasteiger partial charge in [0, 0.05) is 47.7 Å². The lowest BCUT2D eigenvalue weighted by Crippen LogP contribution is -2.57. The molecule has 274 valence electrons. The molecule has 1 saturated carbocycles. The van der Waals surface area contributed by atoms with Crippen LogP contribution in [0.15, 0.2) is 30.5 Å². The maximum Gasteiger partial charge on any atom is 0.319 e. The standard InChI is InChI=1S/C41H47F2N5O4/c1-5-29-32(42)11-10-26-19-28(49)20-30(34(26)29)36-35(43)37-31(21-44-36)38(47-15-7-12-40(4,50)22-47)46-39(45-37)51-23-41-13-6-9-33(41)48(16-8-14-41)27-17-24(2)52-25(3)18-27/h1,10-11,19-21,24-25,27,33,49-50H,6-9,12-18,22-23H2,2-4H3/t24-,25+,27?,33?,40-,41?/m1/s1. The molecule has 3 aliphatic heterocycles. The van der Waals surface area contributed by atoms with Gasteiger partial charge in [-0.1, -0.05) is 18.4 Å². The van der Waals surface area contributed by atoms with Crippen LogP contribution in [0.5, 0.6) is 11.8 Å². The van der Waals surface area contributed by atoms with Gasteiger partial charge in [0.05, 0.1) is 35.4 Å². The molecule has 6 atom stereocenters. The molecule has 0 amide bonds. The highest BCUT2D eigenvalue weighted by Gasteiger charge is 2.50. The molecule has 2 aromatic carbocycles. The molecule has 5 heterocycles. The Hall–Kier alpha value is -4.11. The fraction of sp³-hybridized carbons (Fsp3) is 0.537. The van der Waals surface area contributed by atoms with Gasteiger partial charge >= 0.3 is 6.01 Å². The molecular formula is C41H47F2N5O4. The maximum atomic E-state index is 17.0. The number of aliphatic hydroxyl groups is 1. The van der Waals surface area contributed by atoms with Gasteiger partial charge in [-0.05, 0) is 102 Å². The van der Waals surface area contributed by atoms with Crippen molar-refractivity contribution in [2.45, 2.75) is 108 Å². The van der Waals surface area contributed by atoms with E-state index < -0.39 is 17.2 Å². The summed E-state index contributed by atoms with van der Waals surface area (Å²) in [4.78, 5) is 18.8. The Bertz CT molecular complexity index is 2060. The average molecular weight is 712 g/mol. The molecule has 8 rings (SSSR count). The molecule has 0 spiro atoms. The first-order valence-corrected chi connectivity index (χ1v) is 18.7. The van der Waals surface area contributed by atoms with Crippen LogP contribution in [-0.4, -0.2) is 86.2 Å². The number of aromatic hydroxyl groups is 1. The zero-order chi connectivity index (χ0) is 36.4. The van der Waals surface area contributed by atoms with Crippen molar-refractivity contribution in [2.75, 3.05) is 31.1 Å². The molecule has 11 heteroatoms. The Labute approximate surface area is 303 Å². The van der Waals surface area contributed by atoms with Gasteiger partial charge in [0.2, 0.25) is 0 Å². The summed E-state index contributed by atoms with van der Waals surface area (Å²) in [5.41, 5.74) is -1.07. The Morgan fingerprint density at radius 2 is 1.83 bits per heavy atom. The summed E-state index contributed by atoms with van der Waals surface area (Å²) >= 11 is 0. The van der Waals surface area contributed by atoms with Crippen LogP contribution in [0.1, 0.15) is 84.1 Å². The van der Waals surface area contributed by atoms with Crippen molar-refractivity contribution in [1.82, 2.24) is 19.9 Å². The number of likely N-dealkylation sites (tertiary alicyclic amines) is 1. The summed E-state index contributed by atoms with van der Waals surface area (Å²) < 4.78 is 44.7. The highest BCUT2D eigenvalue weighted by molar-refractivity contribution is 6.03. The Kier molecular flexibility index (Phi) is 9.00. The average Bonchev–Trinajstić information content (AvgIpc) is 3.54. The number of phenols is 1. The minimum absolute atomic E-state index is 0.0127. The fourth-order valence-corrected chi connectivity index (χ4v) is 9.89. The number of piperidine rings is 2. The monoisotopic (exact) mass is 711 g/mol. The number of halogens is 2. The number of pyridine rings is 1. The first-order chi connectivity index (χ1) is 24.9. The third-order valence-corrected chi connectivity index (χ3v) is 12.0. The minimum atomic E-state index is -0.959. The van der Waals surface area contributed by atoms with Crippen molar-refractivity contribution in [1.29, 1.82) is 0 Å². The molecular weight excluding hydrogens is 664 g/mol. The van der Waals surface area contributed by atoms with Crippen molar-refractivity contribution in [3.63, 3.8) is 0 Å².